The number of carbonyl (C=O) groups excluding carboxylic acids is 1. The summed E-state index contributed by atoms with van der Waals surface area (Å²) in [6.45, 7) is 5.13. The Morgan fingerprint density at radius 1 is 1.44 bits per heavy atom. The Morgan fingerprint density at radius 3 is 2.75 bits per heavy atom. The van der Waals surface area contributed by atoms with Crippen molar-refractivity contribution < 1.29 is 9.53 Å². The van der Waals surface area contributed by atoms with Crippen molar-refractivity contribution in [3.8, 4) is 0 Å². The SMILES string of the molecule is COC(=O)c1cccc2c1CN(C)C2(C)C. The zero-order valence-electron chi connectivity index (χ0n) is 10.2. The fraction of sp³-hybridized carbons (Fsp3) is 0.462. The highest BCUT2D eigenvalue weighted by Crippen LogP contribution is 2.38. The summed E-state index contributed by atoms with van der Waals surface area (Å²) in [5, 5.41) is 0. The van der Waals surface area contributed by atoms with E-state index in [1.165, 1.54) is 12.7 Å². The molecule has 0 aliphatic carbocycles. The summed E-state index contributed by atoms with van der Waals surface area (Å²) in [5.74, 6) is -0.247. The van der Waals surface area contributed by atoms with Crippen molar-refractivity contribution in [3.63, 3.8) is 0 Å². The van der Waals surface area contributed by atoms with Crippen molar-refractivity contribution >= 4 is 5.97 Å². The van der Waals surface area contributed by atoms with Gasteiger partial charge in [-0.1, -0.05) is 12.1 Å². The molecule has 16 heavy (non-hydrogen) atoms. The van der Waals surface area contributed by atoms with E-state index in [9.17, 15) is 4.79 Å². The fourth-order valence-corrected chi connectivity index (χ4v) is 2.27. The van der Waals surface area contributed by atoms with Crippen LogP contribution >= 0.6 is 0 Å². The molecule has 0 atom stereocenters. The van der Waals surface area contributed by atoms with Crippen molar-refractivity contribution in [2.75, 3.05) is 14.2 Å². The second-order valence-electron chi connectivity index (χ2n) is 4.74. The number of ether oxygens (including phenoxy) is 1. The predicted molar refractivity (Wildman–Crippen MR) is 62.3 cm³/mol. The summed E-state index contributed by atoms with van der Waals surface area (Å²) in [4.78, 5) is 13.9. The minimum atomic E-state index is -0.247. The van der Waals surface area contributed by atoms with Crippen LogP contribution in [0.1, 0.15) is 35.3 Å². The molecule has 3 heteroatoms. The summed E-state index contributed by atoms with van der Waals surface area (Å²) in [5.41, 5.74) is 3.00. The molecule has 0 unspecified atom stereocenters. The highest BCUT2D eigenvalue weighted by atomic mass is 16.5. The molecule has 86 valence electrons. The summed E-state index contributed by atoms with van der Waals surface area (Å²) in [6.07, 6.45) is 0. The maximum Gasteiger partial charge on any atom is 0.338 e. The first-order valence-electron chi connectivity index (χ1n) is 5.40. The van der Waals surface area contributed by atoms with Crippen LogP contribution in [0.15, 0.2) is 18.2 Å². The van der Waals surface area contributed by atoms with Crippen LogP contribution in [0.3, 0.4) is 0 Å². The van der Waals surface area contributed by atoms with Crippen molar-refractivity contribution in [1.82, 2.24) is 4.90 Å². The van der Waals surface area contributed by atoms with E-state index < -0.39 is 0 Å². The molecule has 1 aliphatic heterocycles. The van der Waals surface area contributed by atoms with Crippen LogP contribution in [0.4, 0.5) is 0 Å². The Kier molecular flexibility index (Phi) is 2.50. The van der Waals surface area contributed by atoms with Crippen molar-refractivity contribution in [1.29, 1.82) is 0 Å². The average molecular weight is 219 g/mol. The Hall–Kier alpha value is -1.35. The van der Waals surface area contributed by atoms with E-state index in [0.717, 1.165) is 12.1 Å². The standard InChI is InChI=1S/C13H17NO2/c1-13(2)11-7-5-6-9(12(15)16-4)10(11)8-14(13)3/h5-7H,8H2,1-4H3. The first kappa shape index (κ1) is 11.1. The molecule has 0 saturated carbocycles. The molecule has 0 N–H and O–H groups in total. The number of hydrogen-bond acceptors (Lipinski definition) is 3. The molecule has 0 fully saturated rings. The van der Waals surface area contributed by atoms with E-state index >= 15 is 0 Å². The number of benzene rings is 1. The lowest BCUT2D eigenvalue weighted by Crippen LogP contribution is -2.31. The number of nitrogens with zero attached hydrogens (tertiary/aromatic N) is 1. The van der Waals surface area contributed by atoms with Gasteiger partial charge in [0.15, 0.2) is 0 Å². The van der Waals surface area contributed by atoms with Gasteiger partial charge in [-0.2, -0.15) is 0 Å². The van der Waals surface area contributed by atoms with Gasteiger partial charge in [-0.25, -0.2) is 4.79 Å². The van der Waals surface area contributed by atoms with Crippen molar-refractivity contribution in [2.45, 2.75) is 25.9 Å². The number of carbonyl (C=O) groups is 1. The van der Waals surface area contributed by atoms with Crippen LogP contribution in [0.2, 0.25) is 0 Å². The quantitative estimate of drug-likeness (QED) is 0.678. The van der Waals surface area contributed by atoms with Crippen LogP contribution in [-0.2, 0) is 16.8 Å². The molecule has 0 amide bonds. The number of rotatable bonds is 1. The summed E-state index contributed by atoms with van der Waals surface area (Å²) < 4.78 is 4.81. The third-order valence-corrected chi connectivity index (χ3v) is 3.59. The third-order valence-electron chi connectivity index (χ3n) is 3.59. The molecule has 0 aromatic heterocycles. The average Bonchev–Trinajstić information content (AvgIpc) is 2.49. The number of methoxy groups -OCH3 is 1. The number of esters is 1. The monoisotopic (exact) mass is 219 g/mol. The van der Waals surface area contributed by atoms with Crippen LogP contribution in [0, 0.1) is 0 Å². The normalized spacial score (nSPS) is 18.2. The lowest BCUT2D eigenvalue weighted by atomic mass is 9.92. The highest BCUT2D eigenvalue weighted by Gasteiger charge is 2.36. The Morgan fingerprint density at radius 2 is 2.12 bits per heavy atom. The van der Waals surface area contributed by atoms with Gasteiger partial charge in [-0.15, -0.1) is 0 Å². The van der Waals surface area contributed by atoms with Gasteiger partial charge in [-0.3, -0.25) is 4.90 Å². The Bertz CT molecular complexity index is 438. The van der Waals surface area contributed by atoms with Crippen LogP contribution in [0.25, 0.3) is 0 Å². The summed E-state index contributed by atoms with van der Waals surface area (Å²) in [7, 11) is 3.49. The molecular weight excluding hydrogens is 202 g/mol. The molecule has 1 aromatic carbocycles. The van der Waals surface area contributed by atoms with E-state index in [1.807, 2.05) is 12.1 Å². The second-order valence-corrected chi connectivity index (χ2v) is 4.74. The highest BCUT2D eigenvalue weighted by molar-refractivity contribution is 5.91. The van der Waals surface area contributed by atoms with Gasteiger partial charge in [0.1, 0.15) is 0 Å². The van der Waals surface area contributed by atoms with Gasteiger partial charge >= 0.3 is 5.97 Å². The van der Waals surface area contributed by atoms with E-state index in [1.54, 1.807) is 0 Å². The minimum absolute atomic E-state index is 0.0145. The maximum atomic E-state index is 11.7. The predicted octanol–water partition coefficient (Wildman–Crippen LogP) is 2.15. The Labute approximate surface area is 96.0 Å². The number of fused-ring (bicyclic) bond motifs is 1. The molecule has 1 heterocycles. The summed E-state index contributed by atoms with van der Waals surface area (Å²) in [6, 6.07) is 5.84. The lowest BCUT2D eigenvalue weighted by Gasteiger charge is -2.28. The largest absolute Gasteiger partial charge is 0.465 e. The minimum Gasteiger partial charge on any atom is -0.465 e. The van der Waals surface area contributed by atoms with Gasteiger partial charge in [-0.05, 0) is 38.1 Å². The van der Waals surface area contributed by atoms with E-state index in [0.29, 0.717) is 5.56 Å². The van der Waals surface area contributed by atoms with Crippen molar-refractivity contribution in [2.24, 2.45) is 0 Å². The molecule has 2 rings (SSSR count). The molecule has 1 aromatic rings. The van der Waals surface area contributed by atoms with Crippen LogP contribution < -0.4 is 0 Å². The second kappa shape index (κ2) is 3.59. The number of hydrogen-bond donors (Lipinski definition) is 0. The molecular formula is C13H17NO2. The zero-order chi connectivity index (χ0) is 11.9. The van der Waals surface area contributed by atoms with Gasteiger partial charge in [0.2, 0.25) is 0 Å². The van der Waals surface area contributed by atoms with Crippen molar-refractivity contribution in [3.05, 3.63) is 34.9 Å². The smallest absolute Gasteiger partial charge is 0.338 e. The van der Waals surface area contributed by atoms with E-state index in [-0.39, 0.29) is 11.5 Å². The zero-order valence-corrected chi connectivity index (χ0v) is 10.2. The summed E-state index contributed by atoms with van der Waals surface area (Å²) >= 11 is 0. The molecule has 0 radical (unpaired) electrons. The van der Waals surface area contributed by atoms with Crippen LogP contribution in [0.5, 0.6) is 0 Å². The topological polar surface area (TPSA) is 29.5 Å². The van der Waals surface area contributed by atoms with E-state index in [2.05, 4.69) is 31.9 Å². The van der Waals surface area contributed by atoms with Gasteiger partial charge in [0.05, 0.1) is 12.7 Å². The molecule has 1 aliphatic rings. The van der Waals surface area contributed by atoms with E-state index in [4.69, 9.17) is 4.74 Å². The first-order chi connectivity index (χ1) is 7.48. The molecule has 0 bridgehead atoms. The molecule has 0 saturated heterocycles. The third kappa shape index (κ3) is 1.43. The first-order valence-corrected chi connectivity index (χ1v) is 5.40. The molecule has 0 spiro atoms. The molecule has 3 nitrogen and oxygen atoms in total. The lowest BCUT2D eigenvalue weighted by molar-refractivity contribution is 0.0599. The van der Waals surface area contributed by atoms with Crippen LogP contribution in [-0.4, -0.2) is 25.0 Å². The Balaban J connectivity index is 2.57. The van der Waals surface area contributed by atoms with Gasteiger partial charge in [0.25, 0.3) is 0 Å². The maximum absolute atomic E-state index is 11.7. The van der Waals surface area contributed by atoms with Gasteiger partial charge in [0, 0.05) is 12.1 Å². The van der Waals surface area contributed by atoms with Gasteiger partial charge < -0.3 is 4.74 Å². The fourth-order valence-electron chi connectivity index (χ4n) is 2.27.